The summed E-state index contributed by atoms with van der Waals surface area (Å²) in [4.78, 5) is 28.2. The molecule has 0 saturated carbocycles. The maximum absolute atomic E-state index is 13.8. The van der Waals surface area contributed by atoms with E-state index in [1.165, 1.54) is 40.4 Å². The number of hydrogen-bond acceptors (Lipinski definition) is 6. The van der Waals surface area contributed by atoms with E-state index in [9.17, 15) is 18.0 Å². The van der Waals surface area contributed by atoms with Gasteiger partial charge in [0, 0.05) is 44.3 Å². The zero-order valence-corrected chi connectivity index (χ0v) is 22.6. The Labute approximate surface area is 221 Å². The maximum Gasteiger partial charge on any atom is 0.243 e. The highest BCUT2D eigenvalue weighted by Gasteiger charge is 2.35. The molecule has 4 rings (SSSR count). The molecule has 2 heterocycles. The zero-order chi connectivity index (χ0) is 26.4. The molecule has 2 aromatic carbocycles. The highest BCUT2D eigenvalue weighted by atomic mass is 32.2. The highest BCUT2D eigenvalue weighted by Crippen LogP contribution is 2.38. The van der Waals surface area contributed by atoms with Gasteiger partial charge in [0.15, 0.2) is 0 Å². The third-order valence-electron chi connectivity index (χ3n) is 6.28. The molecule has 37 heavy (non-hydrogen) atoms. The van der Waals surface area contributed by atoms with Crippen molar-refractivity contribution in [3.63, 3.8) is 0 Å². The third kappa shape index (κ3) is 6.27. The van der Waals surface area contributed by atoms with Crippen LogP contribution in [-0.4, -0.2) is 62.8 Å². The second-order valence-electron chi connectivity index (χ2n) is 8.84. The summed E-state index contributed by atoms with van der Waals surface area (Å²) in [7, 11) is -2.42. The Morgan fingerprint density at radius 1 is 1.11 bits per heavy atom. The van der Waals surface area contributed by atoms with Gasteiger partial charge in [-0.25, -0.2) is 8.42 Å². The fourth-order valence-corrected chi connectivity index (χ4v) is 6.89. The summed E-state index contributed by atoms with van der Waals surface area (Å²) < 4.78 is 33.6. The van der Waals surface area contributed by atoms with Crippen molar-refractivity contribution in [1.82, 2.24) is 9.21 Å². The summed E-state index contributed by atoms with van der Waals surface area (Å²) in [6, 6.07) is 17.6. The lowest BCUT2D eigenvalue weighted by atomic mass is 9.93. The smallest absolute Gasteiger partial charge is 0.243 e. The Bertz CT molecular complexity index is 1320. The average Bonchev–Trinajstić information content (AvgIpc) is 3.37. The van der Waals surface area contributed by atoms with Crippen LogP contribution in [0.5, 0.6) is 0 Å². The molecule has 196 valence electrons. The Morgan fingerprint density at radius 3 is 2.51 bits per heavy atom. The first-order valence-corrected chi connectivity index (χ1v) is 14.4. The number of rotatable bonds is 10. The first-order chi connectivity index (χ1) is 17.8. The number of anilines is 1. The Morgan fingerprint density at radius 2 is 1.84 bits per heavy atom. The number of carbonyl (C=O) groups excluding carboxylic acids is 2. The number of nitrogens with one attached hydrogen (secondary N) is 1. The van der Waals surface area contributed by atoms with Crippen LogP contribution in [0.3, 0.4) is 0 Å². The molecule has 1 N–H and O–H groups in total. The van der Waals surface area contributed by atoms with Gasteiger partial charge in [-0.2, -0.15) is 4.31 Å². The van der Waals surface area contributed by atoms with Crippen molar-refractivity contribution in [3.8, 4) is 0 Å². The molecule has 0 aliphatic carbocycles. The quantitative estimate of drug-likeness (QED) is 0.393. The molecule has 0 radical (unpaired) electrons. The largest absolute Gasteiger partial charge is 0.385 e. The average molecular weight is 542 g/mol. The second-order valence-corrected chi connectivity index (χ2v) is 11.8. The summed E-state index contributed by atoms with van der Waals surface area (Å²) in [5, 5.41) is 4.67. The number of sulfonamides is 1. The van der Waals surface area contributed by atoms with Crippen LogP contribution in [0.25, 0.3) is 0 Å². The van der Waals surface area contributed by atoms with Crippen LogP contribution in [0, 0.1) is 0 Å². The van der Waals surface area contributed by atoms with Crippen molar-refractivity contribution in [2.45, 2.75) is 30.7 Å². The van der Waals surface area contributed by atoms with Gasteiger partial charge in [0.05, 0.1) is 17.5 Å². The minimum Gasteiger partial charge on any atom is -0.385 e. The normalized spacial score (nSPS) is 15.4. The summed E-state index contributed by atoms with van der Waals surface area (Å²) in [6.07, 6.45) is 1.19. The van der Waals surface area contributed by atoms with Gasteiger partial charge in [-0.1, -0.05) is 30.3 Å². The van der Waals surface area contributed by atoms with Crippen LogP contribution < -0.4 is 5.32 Å². The fourth-order valence-electron chi connectivity index (χ4n) is 4.55. The predicted octanol–water partition coefficient (Wildman–Crippen LogP) is 3.91. The Kier molecular flexibility index (Phi) is 8.75. The molecule has 1 aliphatic heterocycles. The molecular formula is C27H31N3O5S2. The van der Waals surface area contributed by atoms with E-state index in [1.807, 2.05) is 35.7 Å². The van der Waals surface area contributed by atoms with E-state index in [4.69, 9.17) is 4.74 Å². The molecular weight excluding hydrogens is 510 g/mol. The van der Waals surface area contributed by atoms with Gasteiger partial charge in [0.25, 0.3) is 0 Å². The van der Waals surface area contributed by atoms with Gasteiger partial charge >= 0.3 is 0 Å². The summed E-state index contributed by atoms with van der Waals surface area (Å²) in [5.74, 6) is -0.493. The van der Waals surface area contributed by atoms with Crippen molar-refractivity contribution < 1.29 is 22.7 Å². The van der Waals surface area contributed by atoms with Crippen molar-refractivity contribution in [2.75, 3.05) is 38.7 Å². The van der Waals surface area contributed by atoms with Crippen LogP contribution in [0.15, 0.2) is 70.9 Å². The molecule has 1 aromatic heterocycles. The van der Waals surface area contributed by atoms with Crippen LogP contribution in [0.4, 0.5) is 5.69 Å². The van der Waals surface area contributed by atoms with Gasteiger partial charge in [0.1, 0.15) is 0 Å². The van der Waals surface area contributed by atoms with Gasteiger partial charge in [0.2, 0.25) is 21.8 Å². The lowest BCUT2D eigenvalue weighted by Crippen LogP contribution is -2.47. The fraction of sp³-hybridized carbons (Fsp3) is 0.333. The van der Waals surface area contributed by atoms with E-state index in [0.717, 1.165) is 17.5 Å². The van der Waals surface area contributed by atoms with Crippen LogP contribution in [0.1, 0.15) is 35.4 Å². The van der Waals surface area contributed by atoms with Crippen molar-refractivity contribution in [1.29, 1.82) is 0 Å². The number of thiophene rings is 1. The third-order valence-corrected chi connectivity index (χ3v) is 9.14. The molecule has 0 saturated heterocycles. The van der Waals surface area contributed by atoms with Crippen molar-refractivity contribution in [2.24, 2.45) is 0 Å². The molecule has 0 fully saturated rings. The number of nitrogens with zero attached hydrogens (tertiary/aromatic N) is 2. The minimum atomic E-state index is -3.97. The Balaban J connectivity index is 1.61. The van der Waals surface area contributed by atoms with Gasteiger partial charge in [-0.05, 0) is 59.7 Å². The molecule has 1 atom stereocenters. The van der Waals surface area contributed by atoms with Gasteiger partial charge in [-0.3, -0.25) is 9.59 Å². The first-order valence-electron chi connectivity index (χ1n) is 12.1. The van der Waals surface area contributed by atoms with Crippen molar-refractivity contribution in [3.05, 3.63) is 82.0 Å². The molecule has 1 unspecified atom stereocenters. The van der Waals surface area contributed by atoms with Crippen LogP contribution in [-0.2, 0) is 30.8 Å². The van der Waals surface area contributed by atoms with Crippen molar-refractivity contribution >= 4 is 38.9 Å². The molecule has 1 aliphatic rings. The standard InChI is InChI=1S/C27H31N3O5S2/c1-20(31)28-22-9-11-23(12-10-22)37(33,34)29(15-6-17-35-2)19-26(32)30-16-13-25-24(14-18-36-25)27(30)21-7-4-3-5-8-21/h3-5,7-12,14,18,27H,6,13,15-17,19H2,1-2H3,(H,28,31). The maximum atomic E-state index is 13.8. The van der Waals surface area contributed by atoms with E-state index < -0.39 is 10.0 Å². The van der Waals surface area contributed by atoms with Crippen LogP contribution >= 0.6 is 11.3 Å². The lowest BCUT2D eigenvalue weighted by Gasteiger charge is -2.37. The van der Waals surface area contributed by atoms with E-state index >= 15 is 0 Å². The number of hydrogen-bond donors (Lipinski definition) is 1. The minimum absolute atomic E-state index is 0.0604. The molecule has 2 amide bonds. The van der Waals surface area contributed by atoms with Gasteiger partial charge in [-0.15, -0.1) is 11.3 Å². The van der Waals surface area contributed by atoms with E-state index in [1.54, 1.807) is 23.3 Å². The molecule has 0 bridgehead atoms. The molecule has 3 aromatic rings. The monoisotopic (exact) mass is 541 g/mol. The summed E-state index contributed by atoms with van der Waals surface area (Å²) in [6.45, 7) is 2.14. The van der Waals surface area contributed by atoms with Gasteiger partial charge < -0.3 is 15.0 Å². The Hall–Kier alpha value is -3.05. The molecule has 0 spiro atoms. The van der Waals surface area contributed by atoms with E-state index in [2.05, 4.69) is 11.4 Å². The topological polar surface area (TPSA) is 96.0 Å². The van der Waals surface area contributed by atoms with Crippen LogP contribution in [0.2, 0.25) is 0 Å². The van der Waals surface area contributed by atoms with E-state index in [-0.39, 0.29) is 35.8 Å². The summed E-state index contributed by atoms with van der Waals surface area (Å²) in [5.41, 5.74) is 2.59. The number of benzene rings is 2. The highest BCUT2D eigenvalue weighted by molar-refractivity contribution is 7.89. The summed E-state index contributed by atoms with van der Waals surface area (Å²) >= 11 is 1.69. The number of amides is 2. The van der Waals surface area contributed by atoms with E-state index in [0.29, 0.717) is 25.3 Å². The number of ether oxygens (including phenoxy) is 1. The number of fused-ring (bicyclic) bond motifs is 1. The SMILES string of the molecule is COCCCN(CC(=O)N1CCc2sccc2C1c1ccccc1)S(=O)(=O)c1ccc(NC(C)=O)cc1. The second kappa shape index (κ2) is 12.0. The zero-order valence-electron chi connectivity index (χ0n) is 20.9. The first kappa shape index (κ1) is 27.0. The number of carbonyl (C=O) groups is 2. The molecule has 10 heteroatoms. The number of methoxy groups -OCH3 is 1. The predicted molar refractivity (Wildman–Crippen MR) is 144 cm³/mol. The lowest BCUT2D eigenvalue weighted by molar-refractivity contribution is -0.133. The molecule has 8 nitrogen and oxygen atoms in total.